The van der Waals surface area contributed by atoms with E-state index < -0.39 is 5.97 Å². The van der Waals surface area contributed by atoms with Gasteiger partial charge in [0.2, 0.25) is 0 Å². The number of aryl methyl sites for hydroxylation is 1. The summed E-state index contributed by atoms with van der Waals surface area (Å²) in [5.74, 6) is 0.0340. The summed E-state index contributed by atoms with van der Waals surface area (Å²) in [5, 5.41) is 18.0. The number of carbonyl (C=O) groups excluding carboxylic acids is 1. The van der Waals surface area contributed by atoms with Gasteiger partial charge in [-0.1, -0.05) is 6.92 Å². The van der Waals surface area contributed by atoms with Crippen LogP contribution in [-0.2, 0) is 18.4 Å². The zero-order valence-corrected chi connectivity index (χ0v) is 11.8. The smallest absolute Gasteiger partial charge is 0.315 e. The van der Waals surface area contributed by atoms with E-state index in [1.807, 2.05) is 6.92 Å². The van der Waals surface area contributed by atoms with Gasteiger partial charge in [-0.05, 0) is 18.8 Å². The highest BCUT2D eigenvalue weighted by Gasteiger charge is 2.07. The molecular weight excluding hydrogens is 262 g/mol. The molecule has 3 N–H and O–H groups in total. The Bertz CT molecular complexity index is 446. The number of urea groups is 1. The minimum absolute atomic E-state index is 0.165. The lowest BCUT2D eigenvalue weighted by atomic mass is 10.0. The van der Waals surface area contributed by atoms with Crippen LogP contribution in [0.25, 0.3) is 0 Å². The number of carboxylic acid groups (broad SMARTS) is 1. The number of aliphatic carboxylic acids is 1. The van der Waals surface area contributed by atoms with Gasteiger partial charge in [0, 0.05) is 20.0 Å². The molecule has 8 heteroatoms. The van der Waals surface area contributed by atoms with E-state index in [0.29, 0.717) is 18.8 Å². The van der Waals surface area contributed by atoms with Gasteiger partial charge in [0.25, 0.3) is 0 Å². The fourth-order valence-electron chi connectivity index (χ4n) is 1.63. The minimum Gasteiger partial charge on any atom is -0.481 e. The summed E-state index contributed by atoms with van der Waals surface area (Å²) < 4.78 is 1.57. The van der Waals surface area contributed by atoms with E-state index >= 15 is 0 Å². The normalized spacial score (nSPS) is 11.9. The number of hydrogen-bond acceptors (Lipinski definition) is 4. The molecule has 1 rings (SSSR count). The minimum atomic E-state index is -0.787. The second-order valence-corrected chi connectivity index (χ2v) is 4.77. The van der Waals surface area contributed by atoms with Crippen molar-refractivity contribution in [2.24, 2.45) is 13.0 Å². The predicted molar refractivity (Wildman–Crippen MR) is 71.9 cm³/mol. The number of aromatic nitrogens is 3. The van der Waals surface area contributed by atoms with Crippen molar-refractivity contribution >= 4 is 12.0 Å². The number of nitrogens with one attached hydrogen (secondary N) is 2. The zero-order chi connectivity index (χ0) is 15.0. The second kappa shape index (κ2) is 8.13. The molecule has 0 aliphatic carbocycles. The predicted octanol–water partition coefficient (Wildman–Crippen LogP) is 0.505. The van der Waals surface area contributed by atoms with Crippen molar-refractivity contribution in [1.82, 2.24) is 25.4 Å². The SMILES string of the molecule is CC(CCNC(=O)NCc1ncn(C)n1)CCC(=O)O. The molecule has 2 amide bonds. The number of amides is 2. The van der Waals surface area contributed by atoms with Gasteiger partial charge in [-0.2, -0.15) is 5.10 Å². The third-order valence-electron chi connectivity index (χ3n) is 2.83. The van der Waals surface area contributed by atoms with E-state index in [9.17, 15) is 9.59 Å². The number of rotatable bonds is 8. The van der Waals surface area contributed by atoms with Crippen LogP contribution in [0.5, 0.6) is 0 Å². The van der Waals surface area contributed by atoms with E-state index in [1.54, 1.807) is 18.1 Å². The summed E-state index contributed by atoms with van der Waals surface area (Å²) in [7, 11) is 1.76. The van der Waals surface area contributed by atoms with Crippen LogP contribution < -0.4 is 10.6 Å². The summed E-state index contributed by atoms with van der Waals surface area (Å²) in [5.41, 5.74) is 0. The Balaban J connectivity index is 2.09. The van der Waals surface area contributed by atoms with Crippen molar-refractivity contribution in [1.29, 1.82) is 0 Å². The van der Waals surface area contributed by atoms with E-state index in [2.05, 4.69) is 20.7 Å². The molecule has 20 heavy (non-hydrogen) atoms. The van der Waals surface area contributed by atoms with Crippen LogP contribution >= 0.6 is 0 Å². The molecule has 112 valence electrons. The van der Waals surface area contributed by atoms with Crippen molar-refractivity contribution in [3.05, 3.63) is 12.2 Å². The third kappa shape index (κ3) is 6.72. The van der Waals surface area contributed by atoms with Crippen LogP contribution in [0.2, 0.25) is 0 Å². The fourth-order valence-corrected chi connectivity index (χ4v) is 1.63. The van der Waals surface area contributed by atoms with Gasteiger partial charge in [-0.3, -0.25) is 9.48 Å². The Morgan fingerprint density at radius 1 is 1.40 bits per heavy atom. The molecule has 1 heterocycles. The Morgan fingerprint density at radius 3 is 2.75 bits per heavy atom. The Morgan fingerprint density at radius 2 is 2.15 bits per heavy atom. The quantitative estimate of drug-likeness (QED) is 0.644. The summed E-state index contributed by atoms with van der Waals surface area (Å²) in [6, 6.07) is -0.275. The molecule has 1 atom stereocenters. The highest BCUT2D eigenvalue weighted by Crippen LogP contribution is 2.08. The molecule has 1 aromatic rings. The summed E-state index contributed by atoms with van der Waals surface area (Å²) in [4.78, 5) is 25.9. The van der Waals surface area contributed by atoms with Crippen molar-refractivity contribution in [3.63, 3.8) is 0 Å². The summed E-state index contributed by atoms with van der Waals surface area (Å²) in [6.45, 7) is 2.77. The van der Waals surface area contributed by atoms with E-state index in [-0.39, 0.29) is 24.9 Å². The number of hydrogen-bond donors (Lipinski definition) is 3. The number of nitrogens with zero attached hydrogens (tertiary/aromatic N) is 3. The molecule has 1 unspecified atom stereocenters. The van der Waals surface area contributed by atoms with Crippen LogP contribution in [0.3, 0.4) is 0 Å². The summed E-state index contributed by atoms with van der Waals surface area (Å²) in [6.07, 6.45) is 3.11. The molecule has 0 saturated heterocycles. The maximum Gasteiger partial charge on any atom is 0.315 e. The first-order chi connectivity index (χ1) is 9.47. The fraction of sp³-hybridized carbons (Fsp3) is 0.667. The summed E-state index contributed by atoms with van der Waals surface area (Å²) >= 11 is 0. The van der Waals surface area contributed by atoms with Gasteiger partial charge in [-0.15, -0.1) is 0 Å². The average Bonchev–Trinajstić information content (AvgIpc) is 2.80. The van der Waals surface area contributed by atoms with Gasteiger partial charge in [0.1, 0.15) is 6.33 Å². The van der Waals surface area contributed by atoms with Crippen molar-refractivity contribution in [3.8, 4) is 0 Å². The molecule has 8 nitrogen and oxygen atoms in total. The molecule has 0 spiro atoms. The maximum absolute atomic E-state index is 11.5. The molecular formula is C12H21N5O3. The molecule has 0 aliphatic heterocycles. The molecule has 0 aromatic carbocycles. The average molecular weight is 283 g/mol. The van der Waals surface area contributed by atoms with Crippen LogP contribution in [0, 0.1) is 5.92 Å². The van der Waals surface area contributed by atoms with Crippen LogP contribution in [-0.4, -0.2) is 38.4 Å². The first kappa shape index (κ1) is 15.9. The Hall–Kier alpha value is -2.12. The second-order valence-electron chi connectivity index (χ2n) is 4.77. The lowest BCUT2D eigenvalue weighted by Crippen LogP contribution is -2.36. The lowest BCUT2D eigenvalue weighted by molar-refractivity contribution is -0.137. The highest BCUT2D eigenvalue weighted by molar-refractivity contribution is 5.73. The van der Waals surface area contributed by atoms with Gasteiger partial charge in [0.15, 0.2) is 5.82 Å². The largest absolute Gasteiger partial charge is 0.481 e. The van der Waals surface area contributed by atoms with E-state index in [0.717, 1.165) is 6.42 Å². The van der Waals surface area contributed by atoms with E-state index in [4.69, 9.17) is 5.11 Å². The van der Waals surface area contributed by atoms with E-state index in [1.165, 1.54) is 0 Å². The van der Waals surface area contributed by atoms with Crippen molar-refractivity contribution < 1.29 is 14.7 Å². The monoisotopic (exact) mass is 283 g/mol. The molecule has 1 aromatic heterocycles. The first-order valence-corrected chi connectivity index (χ1v) is 6.55. The molecule has 0 fully saturated rings. The molecule has 0 saturated carbocycles. The topological polar surface area (TPSA) is 109 Å². The van der Waals surface area contributed by atoms with Gasteiger partial charge in [-0.25, -0.2) is 9.78 Å². The van der Waals surface area contributed by atoms with Crippen molar-refractivity contribution in [2.45, 2.75) is 32.7 Å². The van der Waals surface area contributed by atoms with Gasteiger partial charge in [0.05, 0.1) is 6.54 Å². The molecule has 0 bridgehead atoms. The third-order valence-corrected chi connectivity index (χ3v) is 2.83. The number of carbonyl (C=O) groups is 2. The Kier molecular flexibility index (Phi) is 6.48. The van der Waals surface area contributed by atoms with Crippen LogP contribution in [0.1, 0.15) is 32.0 Å². The lowest BCUT2D eigenvalue weighted by Gasteiger charge is -2.11. The Labute approximate surface area is 117 Å². The van der Waals surface area contributed by atoms with Gasteiger partial charge >= 0.3 is 12.0 Å². The van der Waals surface area contributed by atoms with Crippen LogP contribution in [0.4, 0.5) is 4.79 Å². The van der Waals surface area contributed by atoms with Crippen molar-refractivity contribution in [2.75, 3.05) is 6.54 Å². The van der Waals surface area contributed by atoms with Crippen LogP contribution in [0.15, 0.2) is 6.33 Å². The zero-order valence-electron chi connectivity index (χ0n) is 11.8. The number of carboxylic acids is 1. The van der Waals surface area contributed by atoms with Gasteiger partial charge < -0.3 is 15.7 Å². The molecule has 0 radical (unpaired) electrons. The maximum atomic E-state index is 11.5. The standard InChI is InChI=1S/C12H21N5O3/c1-9(3-4-11(18)19)5-6-13-12(20)14-7-10-15-8-17(2)16-10/h8-9H,3-7H2,1-2H3,(H,18,19)(H2,13,14,20). The highest BCUT2D eigenvalue weighted by atomic mass is 16.4. The molecule has 0 aliphatic rings. The first-order valence-electron chi connectivity index (χ1n) is 6.55.